The van der Waals surface area contributed by atoms with Gasteiger partial charge in [0.05, 0.1) is 21.0 Å². The summed E-state index contributed by atoms with van der Waals surface area (Å²) in [4.78, 5) is 40.6. The molecule has 0 heterocycles. The van der Waals surface area contributed by atoms with E-state index >= 15 is 0 Å². The molecular formula is C17H18KN4O12S2+. The number of benzene rings is 2. The van der Waals surface area contributed by atoms with E-state index in [0.29, 0.717) is 12.1 Å². The molecule has 2 amide bonds. The number of hydrogen-bond acceptors (Lipinski definition) is 10. The van der Waals surface area contributed by atoms with Gasteiger partial charge in [0.1, 0.15) is 9.79 Å². The van der Waals surface area contributed by atoms with Crippen LogP contribution < -0.4 is 62.0 Å². The van der Waals surface area contributed by atoms with Crippen LogP contribution in [0.5, 0.6) is 0 Å². The van der Waals surface area contributed by atoms with Crippen LogP contribution in [-0.2, 0) is 20.2 Å². The Morgan fingerprint density at radius 2 is 1.19 bits per heavy atom. The first-order valence-corrected chi connectivity index (χ1v) is 11.9. The van der Waals surface area contributed by atoms with Crippen molar-refractivity contribution in [3.05, 3.63) is 67.8 Å². The summed E-state index contributed by atoms with van der Waals surface area (Å²) in [7, 11) is -8.17. The van der Waals surface area contributed by atoms with Gasteiger partial charge in [0, 0.05) is 37.9 Å². The molecular weight excluding hydrogens is 555 g/mol. The van der Waals surface area contributed by atoms with Crippen LogP contribution in [0.15, 0.2) is 46.2 Å². The monoisotopic (exact) mass is 573 g/mol. The van der Waals surface area contributed by atoms with Crippen LogP contribution in [0.3, 0.4) is 0 Å². The molecule has 16 nitrogen and oxygen atoms in total. The van der Waals surface area contributed by atoms with Crippen molar-refractivity contribution in [3.63, 3.8) is 0 Å². The number of nitrogens with one attached hydrogen (secondary N) is 2. The van der Waals surface area contributed by atoms with Gasteiger partial charge >= 0.3 is 51.4 Å². The second-order valence-electron chi connectivity index (χ2n) is 6.26. The number of nitro benzene ring substituents is 2. The van der Waals surface area contributed by atoms with Crippen molar-refractivity contribution in [3.8, 4) is 0 Å². The first-order chi connectivity index (χ1) is 16.0. The third-order valence-corrected chi connectivity index (χ3v) is 5.75. The van der Waals surface area contributed by atoms with Gasteiger partial charge in [0.2, 0.25) is 0 Å². The number of non-ortho nitro benzene ring substituents is 2. The van der Waals surface area contributed by atoms with E-state index in [0.717, 1.165) is 24.3 Å². The topological polar surface area (TPSA) is 253 Å². The molecule has 0 saturated carbocycles. The van der Waals surface area contributed by atoms with Crippen molar-refractivity contribution in [2.75, 3.05) is 13.6 Å². The standard InChI is InChI=1S/C9H10N2O6S.C8H8N2O6S.K/c1-2-10-9(12)7-4-3-6(11(13)14)5-8(7)18(15,16)17;1-9-8(11)6-3-2-5(10(12)13)4-7(6)17(14,15)16;/h3-5H,2H2,1H3,(H,10,12)(H,15,16,17);2-4H,1H3,(H,9,11)(H,14,15,16);/q;;+1. The summed E-state index contributed by atoms with van der Waals surface area (Å²) in [5, 5.41) is 25.5. The van der Waals surface area contributed by atoms with Gasteiger partial charge in [0.15, 0.2) is 0 Å². The molecule has 19 heteroatoms. The minimum Gasteiger partial charge on any atom is -0.355 e. The molecule has 0 fully saturated rings. The van der Waals surface area contributed by atoms with Crippen LogP contribution in [0.4, 0.5) is 11.4 Å². The van der Waals surface area contributed by atoms with Crippen molar-refractivity contribution in [1.29, 1.82) is 0 Å². The van der Waals surface area contributed by atoms with E-state index in [1.54, 1.807) is 6.92 Å². The number of nitrogens with zero attached hydrogens (tertiary/aromatic N) is 2. The molecule has 0 aliphatic rings. The molecule has 0 aromatic heterocycles. The van der Waals surface area contributed by atoms with Crippen molar-refractivity contribution in [1.82, 2.24) is 10.6 Å². The largest absolute Gasteiger partial charge is 1.00 e. The van der Waals surface area contributed by atoms with E-state index in [4.69, 9.17) is 9.11 Å². The second-order valence-corrected chi connectivity index (χ2v) is 9.04. The molecule has 190 valence electrons. The minimum absolute atomic E-state index is 0. The molecule has 0 aliphatic heterocycles. The summed E-state index contributed by atoms with van der Waals surface area (Å²) in [6.07, 6.45) is 0. The number of carbonyl (C=O) groups excluding carboxylic acids is 2. The molecule has 0 aliphatic carbocycles. The number of amides is 2. The number of rotatable bonds is 7. The van der Waals surface area contributed by atoms with E-state index in [9.17, 15) is 46.7 Å². The molecule has 36 heavy (non-hydrogen) atoms. The molecule has 0 radical (unpaired) electrons. The Morgan fingerprint density at radius 3 is 1.47 bits per heavy atom. The average Bonchev–Trinajstić information content (AvgIpc) is 2.77. The summed E-state index contributed by atoms with van der Waals surface area (Å²) in [5.41, 5.74) is -1.77. The molecule has 0 unspecified atom stereocenters. The Balaban J connectivity index is 0.000000663. The van der Waals surface area contributed by atoms with E-state index in [-0.39, 0.29) is 69.1 Å². The average molecular weight is 574 g/mol. The van der Waals surface area contributed by atoms with Crippen LogP contribution in [0.1, 0.15) is 27.6 Å². The smallest absolute Gasteiger partial charge is 0.355 e. The predicted molar refractivity (Wildman–Crippen MR) is 117 cm³/mol. The van der Waals surface area contributed by atoms with Crippen LogP contribution in [0.25, 0.3) is 0 Å². The zero-order valence-corrected chi connectivity index (χ0v) is 23.6. The van der Waals surface area contributed by atoms with Gasteiger partial charge in [-0.15, -0.1) is 0 Å². The van der Waals surface area contributed by atoms with E-state index in [2.05, 4.69) is 10.6 Å². The summed E-state index contributed by atoms with van der Waals surface area (Å²) in [5.74, 6) is -1.51. The fourth-order valence-corrected chi connectivity index (χ4v) is 3.86. The van der Waals surface area contributed by atoms with Gasteiger partial charge in [-0.25, -0.2) is 0 Å². The van der Waals surface area contributed by atoms with Gasteiger partial charge in [-0.2, -0.15) is 16.8 Å². The Morgan fingerprint density at radius 1 is 0.833 bits per heavy atom. The maximum absolute atomic E-state index is 11.5. The van der Waals surface area contributed by atoms with Gasteiger partial charge in [-0.1, -0.05) is 0 Å². The second kappa shape index (κ2) is 13.8. The Kier molecular flexibility index (Phi) is 12.9. The van der Waals surface area contributed by atoms with Crippen LogP contribution in [-0.4, -0.2) is 61.2 Å². The van der Waals surface area contributed by atoms with Gasteiger partial charge in [-0.05, 0) is 19.1 Å². The Labute approximate surface area is 246 Å². The Bertz CT molecular complexity index is 1390. The molecule has 2 aromatic rings. The molecule has 2 rings (SSSR count). The molecule has 2 aromatic carbocycles. The maximum atomic E-state index is 11.5. The molecule has 4 N–H and O–H groups in total. The fourth-order valence-electron chi connectivity index (χ4n) is 2.44. The van der Waals surface area contributed by atoms with E-state index in [1.807, 2.05) is 0 Å². The predicted octanol–water partition coefficient (Wildman–Crippen LogP) is -2.20. The van der Waals surface area contributed by atoms with Crippen molar-refractivity contribution in [2.24, 2.45) is 0 Å². The van der Waals surface area contributed by atoms with E-state index in [1.165, 1.54) is 7.05 Å². The summed E-state index contributed by atoms with van der Waals surface area (Å²) in [6, 6.07) is 5.16. The number of nitro groups is 2. The SMILES string of the molecule is CCNC(=O)c1ccc([N+](=O)[O-])cc1S(=O)(=O)O.CNC(=O)c1ccc([N+](=O)[O-])cc1S(=O)(=O)O.[K+]. The number of carbonyl (C=O) groups is 2. The van der Waals surface area contributed by atoms with Crippen LogP contribution in [0, 0.1) is 20.2 Å². The number of hydrogen-bond donors (Lipinski definition) is 4. The quantitative estimate of drug-likeness (QED) is 0.119. The summed E-state index contributed by atoms with van der Waals surface area (Å²) >= 11 is 0. The van der Waals surface area contributed by atoms with Gasteiger partial charge in [0.25, 0.3) is 43.4 Å². The first kappa shape index (κ1) is 33.6. The Hall–Kier alpha value is -2.36. The normalized spacial score (nSPS) is 10.7. The molecule has 0 atom stereocenters. The van der Waals surface area contributed by atoms with Gasteiger partial charge in [-0.3, -0.25) is 38.9 Å². The summed E-state index contributed by atoms with van der Waals surface area (Å²) < 4.78 is 62.0. The molecule has 0 spiro atoms. The minimum atomic E-state index is -4.72. The fraction of sp³-hybridized carbons (Fsp3) is 0.176. The van der Waals surface area contributed by atoms with E-state index < -0.39 is 63.1 Å². The summed E-state index contributed by atoms with van der Waals surface area (Å²) in [6.45, 7) is 1.87. The van der Waals surface area contributed by atoms with Crippen molar-refractivity contribution < 1.29 is 96.8 Å². The third kappa shape index (κ3) is 9.26. The third-order valence-electron chi connectivity index (χ3n) is 3.96. The molecule has 0 bridgehead atoms. The van der Waals surface area contributed by atoms with Crippen LogP contribution in [0.2, 0.25) is 0 Å². The molecule has 0 saturated heterocycles. The zero-order valence-electron chi connectivity index (χ0n) is 18.9. The van der Waals surface area contributed by atoms with Crippen molar-refractivity contribution in [2.45, 2.75) is 16.7 Å². The van der Waals surface area contributed by atoms with Crippen molar-refractivity contribution >= 4 is 43.4 Å². The van der Waals surface area contributed by atoms with Gasteiger partial charge < -0.3 is 10.6 Å². The first-order valence-electron chi connectivity index (χ1n) is 9.06. The zero-order chi connectivity index (χ0) is 27.1. The van der Waals surface area contributed by atoms with Crippen LogP contribution >= 0.6 is 0 Å². The maximum Gasteiger partial charge on any atom is 1.00 e.